The van der Waals surface area contributed by atoms with Crippen molar-refractivity contribution in [1.29, 1.82) is 0 Å². The Hall–Kier alpha value is -2.69. The smallest absolute Gasteiger partial charge is 0.224 e. The number of nitrogens with zero attached hydrogens (tertiary/aromatic N) is 2. The largest absolute Gasteiger partial charge is 0.326 e. The highest BCUT2D eigenvalue weighted by Crippen LogP contribution is 2.27. The molecule has 1 aliphatic carbocycles. The Morgan fingerprint density at radius 3 is 2.87 bits per heavy atom. The van der Waals surface area contributed by atoms with Gasteiger partial charge in [-0.1, -0.05) is 24.3 Å². The predicted octanol–water partition coefficient (Wildman–Crippen LogP) is 3.09. The highest BCUT2D eigenvalue weighted by atomic mass is 16.1. The molecule has 0 saturated heterocycles. The highest BCUT2D eigenvalue weighted by molar-refractivity contribution is 5.93. The SMILES string of the molecule is O=C(CC1CCc2ccccc2C1)Nc1ccc2n[nH]nc2c1. The van der Waals surface area contributed by atoms with E-state index in [2.05, 4.69) is 45.0 Å². The number of carbonyl (C=O) groups is 1. The molecule has 2 aromatic carbocycles. The number of fused-ring (bicyclic) bond motifs is 2. The molecule has 4 rings (SSSR count). The molecule has 5 heteroatoms. The third-order valence-corrected chi connectivity index (χ3v) is 4.52. The second-order valence-corrected chi connectivity index (χ2v) is 6.16. The van der Waals surface area contributed by atoms with Gasteiger partial charge in [0.2, 0.25) is 5.91 Å². The van der Waals surface area contributed by atoms with Gasteiger partial charge in [-0.25, -0.2) is 0 Å². The van der Waals surface area contributed by atoms with Crippen LogP contribution in [0.4, 0.5) is 5.69 Å². The number of rotatable bonds is 3. The number of benzene rings is 2. The lowest BCUT2D eigenvalue weighted by Gasteiger charge is -2.24. The van der Waals surface area contributed by atoms with Gasteiger partial charge in [0.05, 0.1) is 0 Å². The third kappa shape index (κ3) is 2.95. The Morgan fingerprint density at radius 1 is 1.13 bits per heavy atom. The lowest BCUT2D eigenvalue weighted by molar-refractivity contribution is -0.117. The molecule has 0 aliphatic heterocycles. The van der Waals surface area contributed by atoms with Gasteiger partial charge in [-0.2, -0.15) is 15.4 Å². The number of nitrogens with one attached hydrogen (secondary N) is 2. The minimum atomic E-state index is 0.0669. The summed E-state index contributed by atoms with van der Waals surface area (Å²) in [7, 11) is 0. The van der Waals surface area contributed by atoms with E-state index in [4.69, 9.17) is 0 Å². The highest BCUT2D eigenvalue weighted by Gasteiger charge is 2.20. The summed E-state index contributed by atoms with van der Waals surface area (Å²) in [6.07, 6.45) is 3.70. The summed E-state index contributed by atoms with van der Waals surface area (Å²) in [6, 6.07) is 14.1. The standard InChI is InChI=1S/C18H18N4O/c23-18(19-15-7-8-16-17(11-15)21-22-20-16)10-12-5-6-13-3-1-2-4-14(13)9-12/h1-4,7-8,11-12H,5-6,9-10H2,(H,19,23)(H,20,21,22). The van der Waals surface area contributed by atoms with Gasteiger partial charge in [0, 0.05) is 12.1 Å². The van der Waals surface area contributed by atoms with E-state index in [-0.39, 0.29) is 5.91 Å². The van der Waals surface area contributed by atoms with Crippen molar-refractivity contribution in [3.8, 4) is 0 Å². The number of carbonyl (C=O) groups excluding carboxylic acids is 1. The van der Waals surface area contributed by atoms with Crippen LogP contribution in [-0.4, -0.2) is 21.3 Å². The molecule has 116 valence electrons. The number of aryl methyl sites for hydroxylation is 1. The molecule has 0 spiro atoms. The first-order valence-corrected chi connectivity index (χ1v) is 7.95. The fraction of sp³-hybridized carbons (Fsp3) is 0.278. The number of aromatic amines is 1. The van der Waals surface area contributed by atoms with Gasteiger partial charge in [-0.15, -0.1) is 0 Å². The van der Waals surface area contributed by atoms with E-state index in [9.17, 15) is 4.79 Å². The number of amides is 1. The molecule has 0 bridgehead atoms. The Labute approximate surface area is 134 Å². The molecule has 1 heterocycles. The average Bonchev–Trinajstić information content (AvgIpc) is 3.02. The average molecular weight is 306 g/mol. The van der Waals surface area contributed by atoms with Gasteiger partial charge >= 0.3 is 0 Å². The second-order valence-electron chi connectivity index (χ2n) is 6.16. The van der Waals surface area contributed by atoms with Crippen molar-refractivity contribution < 1.29 is 4.79 Å². The first kappa shape index (κ1) is 13.9. The van der Waals surface area contributed by atoms with E-state index in [0.717, 1.165) is 36.0 Å². The maximum atomic E-state index is 12.3. The lowest BCUT2D eigenvalue weighted by atomic mass is 9.82. The monoisotopic (exact) mass is 306 g/mol. The number of hydrogen-bond donors (Lipinski definition) is 2. The van der Waals surface area contributed by atoms with Crippen LogP contribution in [0.5, 0.6) is 0 Å². The van der Waals surface area contributed by atoms with Gasteiger partial charge < -0.3 is 5.32 Å². The maximum absolute atomic E-state index is 12.3. The van der Waals surface area contributed by atoms with Gasteiger partial charge in [0.25, 0.3) is 0 Å². The van der Waals surface area contributed by atoms with Gasteiger partial charge in [-0.3, -0.25) is 4.79 Å². The van der Waals surface area contributed by atoms with Crippen molar-refractivity contribution >= 4 is 22.6 Å². The third-order valence-electron chi connectivity index (χ3n) is 4.52. The van der Waals surface area contributed by atoms with E-state index in [0.29, 0.717) is 12.3 Å². The molecule has 5 nitrogen and oxygen atoms in total. The van der Waals surface area contributed by atoms with Crippen molar-refractivity contribution in [3.05, 3.63) is 53.6 Å². The Bertz CT molecular complexity index is 855. The molecule has 0 fully saturated rings. The Morgan fingerprint density at radius 2 is 1.96 bits per heavy atom. The molecule has 3 aromatic rings. The lowest BCUT2D eigenvalue weighted by Crippen LogP contribution is -2.21. The first-order valence-electron chi connectivity index (χ1n) is 7.95. The molecule has 0 saturated carbocycles. The zero-order valence-corrected chi connectivity index (χ0v) is 12.7. The van der Waals surface area contributed by atoms with Crippen molar-refractivity contribution in [2.45, 2.75) is 25.7 Å². The number of H-pyrrole nitrogens is 1. The van der Waals surface area contributed by atoms with Crippen LogP contribution in [0.2, 0.25) is 0 Å². The van der Waals surface area contributed by atoms with E-state index in [1.807, 2.05) is 18.2 Å². The van der Waals surface area contributed by atoms with Crippen LogP contribution in [-0.2, 0) is 17.6 Å². The second kappa shape index (κ2) is 5.83. The topological polar surface area (TPSA) is 70.7 Å². The molecular weight excluding hydrogens is 288 g/mol. The van der Waals surface area contributed by atoms with E-state index in [1.54, 1.807) is 0 Å². The molecule has 2 N–H and O–H groups in total. The summed E-state index contributed by atoms with van der Waals surface area (Å²) >= 11 is 0. The quantitative estimate of drug-likeness (QED) is 0.781. The van der Waals surface area contributed by atoms with Crippen molar-refractivity contribution in [1.82, 2.24) is 15.4 Å². The summed E-state index contributed by atoms with van der Waals surface area (Å²) in [5.74, 6) is 0.484. The zero-order valence-electron chi connectivity index (χ0n) is 12.7. The number of anilines is 1. The summed E-state index contributed by atoms with van der Waals surface area (Å²) in [5, 5.41) is 13.6. The molecule has 1 aromatic heterocycles. The number of aromatic nitrogens is 3. The Balaban J connectivity index is 1.40. The Kier molecular flexibility index (Phi) is 3.54. The summed E-state index contributed by atoms with van der Waals surface area (Å²) < 4.78 is 0. The van der Waals surface area contributed by atoms with E-state index < -0.39 is 0 Å². The summed E-state index contributed by atoms with van der Waals surface area (Å²) in [4.78, 5) is 12.3. The molecule has 1 atom stereocenters. The first-order chi connectivity index (χ1) is 11.3. The zero-order chi connectivity index (χ0) is 15.6. The molecule has 1 aliphatic rings. The van der Waals surface area contributed by atoms with Crippen LogP contribution in [0, 0.1) is 5.92 Å². The molecular formula is C18H18N4O. The van der Waals surface area contributed by atoms with Gasteiger partial charge in [0.1, 0.15) is 11.0 Å². The molecule has 0 radical (unpaired) electrons. The normalized spacial score (nSPS) is 17.0. The predicted molar refractivity (Wildman–Crippen MR) is 89.1 cm³/mol. The van der Waals surface area contributed by atoms with Crippen LogP contribution in [0.3, 0.4) is 0 Å². The maximum Gasteiger partial charge on any atom is 0.224 e. The van der Waals surface area contributed by atoms with E-state index >= 15 is 0 Å². The van der Waals surface area contributed by atoms with Crippen molar-refractivity contribution in [2.75, 3.05) is 5.32 Å². The van der Waals surface area contributed by atoms with Crippen molar-refractivity contribution in [3.63, 3.8) is 0 Å². The summed E-state index contributed by atoms with van der Waals surface area (Å²) in [5.41, 5.74) is 5.15. The van der Waals surface area contributed by atoms with Crippen LogP contribution >= 0.6 is 0 Å². The van der Waals surface area contributed by atoms with Gasteiger partial charge in [0.15, 0.2) is 0 Å². The van der Waals surface area contributed by atoms with E-state index in [1.165, 1.54) is 11.1 Å². The molecule has 23 heavy (non-hydrogen) atoms. The number of hydrogen-bond acceptors (Lipinski definition) is 3. The molecule has 1 amide bonds. The van der Waals surface area contributed by atoms with Crippen molar-refractivity contribution in [2.24, 2.45) is 5.92 Å². The minimum absolute atomic E-state index is 0.0669. The fourth-order valence-corrected chi connectivity index (χ4v) is 3.34. The van der Waals surface area contributed by atoms with Crippen LogP contribution in [0.25, 0.3) is 11.0 Å². The van der Waals surface area contributed by atoms with Gasteiger partial charge in [-0.05, 0) is 54.5 Å². The minimum Gasteiger partial charge on any atom is -0.326 e. The molecule has 1 unspecified atom stereocenters. The fourth-order valence-electron chi connectivity index (χ4n) is 3.34. The van der Waals surface area contributed by atoms with Crippen LogP contribution in [0.15, 0.2) is 42.5 Å². The van der Waals surface area contributed by atoms with Crippen LogP contribution in [0.1, 0.15) is 24.0 Å². The van der Waals surface area contributed by atoms with Crippen LogP contribution < -0.4 is 5.32 Å². The summed E-state index contributed by atoms with van der Waals surface area (Å²) in [6.45, 7) is 0.